The second-order valence-corrected chi connectivity index (χ2v) is 12.4. The first kappa shape index (κ1) is 28.9. The highest BCUT2D eigenvalue weighted by Crippen LogP contribution is 2.46. The fraction of sp³-hybridized carbons (Fsp3) is 0.357. The van der Waals surface area contributed by atoms with Crippen LogP contribution < -0.4 is 10.6 Å². The van der Waals surface area contributed by atoms with E-state index in [0.717, 1.165) is 11.8 Å². The third-order valence-electron chi connectivity index (χ3n) is 6.80. The summed E-state index contributed by atoms with van der Waals surface area (Å²) in [5.74, 6) is 4.52. The Morgan fingerprint density at radius 1 is 1.15 bits per heavy atom. The molecule has 2 aliphatic carbocycles. The van der Waals surface area contributed by atoms with E-state index >= 15 is 0 Å². The zero-order valence-corrected chi connectivity index (χ0v) is 24.5. The first-order valence-electron chi connectivity index (χ1n) is 12.9. The molecule has 0 radical (unpaired) electrons. The number of carbonyl (C=O) groups excluding carboxylic acids is 2. The highest BCUT2D eigenvalue weighted by Gasteiger charge is 2.57. The molecule has 41 heavy (non-hydrogen) atoms. The number of hydrogen-bond acceptors (Lipinski definition) is 7. The number of rotatable bonds is 9. The Kier molecular flexibility index (Phi) is 8.01. The average molecular weight is 614 g/mol. The normalized spacial score (nSPS) is 15.4. The number of nitrogens with one attached hydrogen (secondary N) is 2. The second kappa shape index (κ2) is 11.4. The van der Waals surface area contributed by atoms with Gasteiger partial charge < -0.3 is 15.7 Å². The number of carboxylic acids is 1. The van der Waals surface area contributed by atoms with Gasteiger partial charge in [0.05, 0.1) is 32.7 Å². The minimum absolute atomic E-state index is 0.0295. The number of thioether (sulfide) groups is 1. The van der Waals surface area contributed by atoms with Gasteiger partial charge in [0, 0.05) is 5.56 Å². The summed E-state index contributed by atoms with van der Waals surface area (Å²) >= 11 is 14.1. The standard InChI is InChI=1S/C28H26Cl2N6O4S/c1-27(2,32-24(38)28(11-12-28)25(39)40)10-9-16-3-7-21(19(29)13-16)31-23(37)15-41-26-33-34-35-36(26)22-8-6-18(14-20(22)30)17-4-5-17/h3,6-8,13-14,17H,4-5,11-12,15H2,1-2H3,(H,31,37)(H,32,38)(H,39,40). The van der Waals surface area contributed by atoms with Crippen molar-refractivity contribution in [3.63, 3.8) is 0 Å². The number of amides is 2. The van der Waals surface area contributed by atoms with Crippen LogP contribution >= 0.6 is 35.0 Å². The van der Waals surface area contributed by atoms with Gasteiger partial charge in [0.25, 0.3) is 0 Å². The maximum absolute atomic E-state index is 12.7. The van der Waals surface area contributed by atoms with Crippen molar-refractivity contribution in [3.05, 3.63) is 57.6 Å². The summed E-state index contributed by atoms with van der Waals surface area (Å²) in [6.07, 6.45) is 2.98. The summed E-state index contributed by atoms with van der Waals surface area (Å²) in [4.78, 5) is 36.5. The van der Waals surface area contributed by atoms with E-state index in [4.69, 9.17) is 23.2 Å². The predicted octanol–water partition coefficient (Wildman–Crippen LogP) is 4.69. The van der Waals surface area contributed by atoms with Crippen LogP contribution in [0, 0.1) is 17.3 Å². The van der Waals surface area contributed by atoms with Crippen molar-refractivity contribution < 1.29 is 19.5 Å². The van der Waals surface area contributed by atoms with Crippen LogP contribution in [0.15, 0.2) is 41.6 Å². The third-order valence-corrected chi connectivity index (χ3v) is 8.34. The van der Waals surface area contributed by atoms with Gasteiger partial charge in [0.2, 0.25) is 17.0 Å². The van der Waals surface area contributed by atoms with Crippen LogP contribution in [0.2, 0.25) is 10.0 Å². The van der Waals surface area contributed by atoms with Gasteiger partial charge in [-0.1, -0.05) is 52.9 Å². The summed E-state index contributed by atoms with van der Waals surface area (Å²) < 4.78 is 1.51. The molecule has 3 N–H and O–H groups in total. The van der Waals surface area contributed by atoms with Gasteiger partial charge in [-0.3, -0.25) is 14.4 Å². The van der Waals surface area contributed by atoms with Crippen molar-refractivity contribution >= 4 is 58.4 Å². The molecule has 0 aliphatic heterocycles. The van der Waals surface area contributed by atoms with E-state index in [1.54, 1.807) is 32.0 Å². The van der Waals surface area contributed by atoms with Crippen molar-refractivity contribution in [2.24, 2.45) is 5.41 Å². The fourth-order valence-corrected chi connectivity index (χ4v) is 5.30. The lowest BCUT2D eigenvalue weighted by molar-refractivity contribution is -0.149. The molecular formula is C28H26Cl2N6O4S. The van der Waals surface area contributed by atoms with Crippen LogP contribution in [-0.4, -0.2) is 54.4 Å². The summed E-state index contributed by atoms with van der Waals surface area (Å²) in [5.41, 5.74) is 0.504. The number of halogens is 2. The number of aromatic nitrogens is 4. The molecule has 1 aromatic heterocycles. The van der Waals surface area contributed by atoms with E-state index in [9.17, 15) is 19.5 Å². The van der Waals surface area contributed by atoms with E-state index in [1.807, 2.05) is 18.2 Å². The van der Waals surface area contributed by atoms with Crippen LogP contribution in [0.4, 0.5) is 5.69 Å². The van der Waals surface area contributed by atoms with Gasteiger partial charge in [-0.15, -0.1) is 5.10 Å². The molecule has 2 fully saturated rings. The minimum atomic E-state index is -1.35. The van der Waals surface area contributed by atoms with Gasteiger partial charge in [0.1, 0.15) is 5.41 Å². The molecule has 10 nitrogen and oxygen atoms in total. The van der Waals surface area contributed by atoms with Crippen molar-refractivity contribution in [3.8, 4) is 17.5 Å². The molecule has 3 aromatic rings. The van der Waals surface area contributed by atoms with Crippen LogP contribution in [0.1, 0.15) is 56.6 Å². The van der Waals surface area contributed by atoms with Crippen LogP contribution in [0.5, 0.6) is 0 Å². The molecule has 5 rings (SSSR count). The first-order chi connectivity index (χ1) is 19.5. The lowest BCUT2D eigenvalue weighted by Crippen LogP contribution is -2.48. The second-order valence-electron chi connectivity index (χ2n) is 10.6. The highest BCUT2D eigenvalue weighted by molar-refractivity contribution is 7.99. The molecule has 0 atom stereocenters. The number of hydrogen-bond donors (Lipinski definition) is 3. The van der Waals surface area contributed by atoms with Gasteiger partial charge >= 0.3 is 5.97 Å². The Bertz CT molecular complexity index is 1600. The number of aliphatic carboxylic acids is 1. The number of benzene rings is 2. The SMILES string of the molecule is CC(C)(C#Cc1ccc(NC(=O)CSc2nnnn2-c2ccc(C3CC3)cc2Cl)c(Cl)c1)NC(=O)C1(C(=O)O)CC1. The Morgan fingerprint density at radius 2 is 1.90 bits per heavy atom. The maximum atomic E-state index is 12.7. The number of tetrazole rings is 1. The van der Waals surface area contributed by atoms with Crippen molar-refractivity contribution in [2.45, 2.75) is 56.1 Å². The Balaban J connectivity index is 1.18. The summed E-state index contributed by atoms with van der Waals surface area (Å²) in [5, 5.41) is 27.8. The van der Waals surface area contributed by atoms with E-state index in [1.165, 1.54) is 23.1 Å². The van der Waals surface area contributed by atoms with E-state index in [2.05, 4.69) is 38.0 Å². The van der Waals surface area contributed by atoms with E-state index in [-0.39, 0.29) is 16.7 Å². The monoisotopic (exact) mass is 612 g/mol. The maximum Gasteiger partial charge on any atom is 0.319 e. The molecule has 212 valence electrons. The van der Waals surface area contributed by atoms with E-state index in [0.29, 0.717) is 45.9 Å². The van der Waals surface area contributed by atoms with Crippen LogP contribution in [-0.2, 0) is 14.4 Å². The van der Waals surface area contributed by atoms with E-state index < -0.39 is 22.8 Å². The summed E-state index contributed by atoms with van der Waals surface area (Å²) in [7, 11) is 0. The molecular weight excluding hydrogens is 587 g/mol. The van der Waals surface area contributed by atoms with Gasteiger partial charge in [0.15, 0.2) is 0 Å². The van der Waals surface area contributed by atoms with Gasteiger partial charge in [-0.25, -0.2) is 0 Å². The quantitative estimate of drug-likeness (QED) is 0.180. The number of carbonyl (C=O) groups is 3. The number of nitrogens with zero attached hydrogens (tertiary/aromatic N) is 4. The average Bonchev–Trinajstić information content (AvgIpc) is 3.84. The number of carboxylic acid groups (broad SMARTS) is 1. The molecule has 2 aliphatic rings. The smallest absolute Gasteiger partial charge is 0.319 e. The Hall–Kier alpha value is -3.59. The summed E-state index contributed by atoms with van der Waals surface area (Å²) in [6, 6.07) is 10.8. The number of anilines is 1. The molecule has 0 unspecified atom stereocenters. The van der Waals surface area contributed by atoms with Crippen molar-refractivity contribution in [1.82, 2.24) is 25.5 Å². The molecule has 0 bridgehead atoms. The molecule has 13 heteroatoms. The van der Waals surface area contributed by atoms with Crippen molar-refractivity contribution in [2.75, 3.05) is 11.1 Å². The first-order valence-corrected chi connectivity index (χ1v) is 14.6. The molecule has 0 saturated heterocycles. The predicted molar refractivity (Wildman–Crippen MR) is 155 cm³/mol. The largest absolute Gasteiger partial charge is 0.480 e. The molecule has 1 heterocycles. The van der Waals surface area contributed by atoms with Crippen LogP contribution in [0.3, 0.4) is 0 Å². The molecule has 2 amide bonds. The molecule has 2 saturated carbocycles. The minimum Gasteiger partial charge on any atom is -0.480 e. The molecule has 2 aromatic carbocycles. The van der Waals surface area contributed by atoms with Gasteiger partial charge in [-0.05, 0) is 91.8 Å². The highest BCUT2D eigenvalue weighted by atomic mass is 35.5. The third kappa shape index (κ3) is 6.67. The summed E-state index contributed by atoms with van der Waals surface area (Å²) in [6.45, 7) is 3.38. The zero-order valence-electron chi connectivity index (χ0n) is 22.2. The lowest BCUT2D eigenvalue weighted by Gasteiger charge is -2.22. The molecule has 0 spiro atoms. The topological polar surface area (TPSA) is 139 Å². The fourth-order valence-electron chi connectivity index (χ4n) is 4.12. The zero-order chi connectivity index (χ0) is 29.4. The van der Waals surface area contributed by atoms with Crippen LogP contribution in [0.25, 0.3) is 5.69 Å². The Morgan fingerprint density at radius 3 is 2.54 bits per heavy atom. The Labute approximate surface area is 250 Å². The van der Waals surface area contributed by atoms with Gasteiger partial charge in [-0.2, -0.15) is 4.68 Å². The van der Waals surface area contributed by atoms with Crippen molar-refractivity contribution in [1.29, 1.82) is 0 Å². The lowest BCUT2D eigenvalue weighted by atomic mass is 10.0.